The third-order valence-corrected chi connectivity index (χ3v) is 3.21. The number of hydrogen-bond acceptors (Lipinski definition) is 5. The second kappa shape index (κ2) is 7.95. The second-order valence-electron chi connectivity index (χ2n) is 5.12. The lowest BCUT2D eigenvalue weighted by Crippen LogP contribution is -2.38. The van der Waals surface area contributed by atoms with Crippen molar-refractivity contribution in [3.63, 3.8) is 0 Å². The molecule has 1 aromatic carbocycles. The standard InChI is InChI=1S/C14H19ClN2O4/c1-9(2)6-12(14(18)21-3)16-8-10-4-5-11(15)7-13(10)17(19)20/h4-5,7,9,12,16H,6,8H2,1-3H3. The van der Waals surface area contributed by atoms with Gasteiger partial charge in [-0.05, 0) is 24.5 Å². The number of nitro benzene ring substituents is 1. The summed E-state index contributed by atoms with van der Waals surface area (Å²) in [4.78, 5) is 22.2. The van der Waals surface area contributed by atoms with Gasteiger partial charge < -0.3 is 10.1 Å². The van der Waals surface area contributed by atoms with E-state index < -0.39 is 11.0 Å². The molecule has 1 aromatic rings. The van der Waals surface area contributed by atoms with Crippen LogP contribution in [0, 0.1) is 16.0 Å². The molecule has 0 heterocycles. The molecule has 0 aliphatic rings. The molecular weight excluding hydrogens is 296 g/mol. The van der Waals surface area contributed by atoms with E-state index in [-0.39, 0.29) is 18.2 Å². The summed E-state index contributed by atoms with van der Waals surface area (Å²) in [7, 11) is 1.32. The highest BCUT2D eigenvalue weighted by Gasteiger charge is 2.22. The molecule has 0 bridgehead atoms. The third-order valence-electron chi connectivity index (χ3n) is 2.98. The number of nitro groups is 1. The fraction of sp³-hybridized carbons (Fsp3) is 0.500. The highest BCUT2D eigenvalue weighted by atomic mass is 35.5. The van der Waals surface area contributed by atoms with Crippen molar-refractivity contribution in [1.82, 2.24) is 5.32 Å². The number of nitrogens with zero attached hydrogens (tertiary/aromatic N) is 1. The molecule has 0 saturated heterocycles. The minimum Gasteiger partial charge on any atom is -0.468 e. The normalized spacial score (nSPS) is 12.2. The Morgan fingerprint density at radius 3 is 2.67 bits per heavy atom. The zero-order chi connectivity index (χ0) is 16.0. The number of hydrogen-bond donors (Lipinski definition) is 1. The van der Waals surface area contributed by atoms with Crippen LogP contribution in [0.15, 0.2) is 18.2 Å². The van der Waals surface area contributed by atoms with Gasteiger partial charge in [-0.25, -0.2) is 0 Å². The second-order valence-corrected chi connectivity index (χ2v) is 5.55. The number of carbonyl (C=O) groups excluding carboxylic acids is 1. The predicted molar refractivity (Wildman–Crippen MR) is 80.2 cm³/mol. The Labute approximate surface area is 128 Å². The van der Waals surface area contributed by atoms with Crippen molar-refractivity contribution >= 4 is 23.3 Å². The lowest BCUT2D eigenvalue weighted by molar-refractivity contribution is -0.385. The van der Waals surface area contributed by atoms with Gasteiger partial charge >= 0.3 is 5.97 Å². The van der Waals surface area contributed by atoms with Crippen LogP contribution < -0.4 is 5.32 Å². The van der Waals surface area contributed by atoms with Gasteiger partial charge in [0, 0.05) is 23.2 Å². The maximum absolute atomic E-state index is 11.7. The maximum Gasteiger partial charge on any atom is 0.322 e. The van der Waals surface area contributed by atoms with Crippen LogP contribution in [-0.2, 0) is 16.1 Å². The first kappa shape index (κ1) is 17.4. The van der Waals surface area contributed by atoms with Crippen molar-refractivity contribution in [2.75, 3.05) is 7.11 Å². The van der Waals surface area contributed by atoms with Gasteiger partial charge in [0.15, 0.2) is 0 Å². The van der Waals surface area contributed by atoms with E-state index in [9.17, 15) is 14.9 Å². The Kier molecular flexibility index (Phi) is 6.58. The first-order valence-electron chi connectivity index (χ1n) is 6.59. The Morgan fingerprint density at radius 1 is 1.48 bits per heavy atom. The van der Waals surface area contributed by atoms with E-state index >= 15 is 0 Å². The Morgan fingerprint density at radius 2 is 2.14 bits per heavy atom. The molecule has 1 atom stereocenters. The lowest BCUT2D eigenvalue weighted by Gasteiger charge is -2.18. The van der Waals surface area contributed by atoms with Crippen LogP contribution in [0.25, 0.3) is 0 Å². The van der Waals surface area contributed by atoms with Crippen molar-refractivity contribution < 1.29 is 14.5 Å². The third kappa shape index (κ3) is 5.32. The van der Waals surface area contributed by atoms with Crippen LogP contribution in [0.4, 0.5) is 5.69 Å². The van der Waals surface area contributed by atoms with Crippen LogP contribution in [0.1, 0.15) is 25.8 Å². The van der Waals surface area contributed by atoms with E-state index in [2.05, 4.69) is 5.32 Å². The fourth-order valence-corrected chi connectivity index (χ4v) is 2.13. The summed E-state index contributed by atoms with van der Waals surface area (Å²) >= 11 is 5.77. The monoisotopic (exact) mass is 314 g/mol. The van der Waals surface area contributed by atoms with Crippen LogP contribution in [0.2, 0.25) is 5.02 Å². The van der Waals surface area contributed by atoms with Crippen LogP contribution in [0.5, 0.6) is 0 Å². The summed E-state index contributed by atoms with van der Waals surface area (Å²) in [5, 5.41) is 14.3. The minimum absolute atomic E-state index is 0.0665. The van der Waals surface area contributed by atoms with Gasteiger partial charge in [-0.2, -0.15) is 0 Å². The molecule has 0 radical (unpaired) electrons. The molecule has 0 aliphatic heterocycles. The summed E-state index contributed by atoms with van der Waals surface area (Å²) in [5.74, 6) is -0.0814. The van der Waals surface area contributed by atoms with E-state index in [1.54, 1.807) is 12.1 Å². The molecule has 0 spiro atoms. The van der Waals surface area contributed by atoms with E-state index in [1.165, 1.54) is 13.2 Å². The number of methoxy groups -OCH3 is 1. The molecule has 0 saturated carbocycles. The fourth-order valence-electron chi connectivity index (χ4n) is 1.97. The number of halogens is 1. The summed E-state index contributed by atoms with van der Waals surface area (Å²) in [5.41, 5.74) is 0.408. The van der Waals surface area contributed by atoms with Crippen molar-refractivity contribution in [3.05, 3.63) is 38.9 Å². The van der Waals surface area contributed by atoms with Gasteiger partial charge in [0.05, 0.1) is 12.0 Å². The minimum atomic E-state index is -0.495. The summed E-state index contributed by atoms with van der Waals surface area (Å²) in [6.07, 6.45) is 0.591. The van der Waals surface area contributed by atoms with Gasteiger partial charge in [0.2, 0.25) is 0 Å². The van der Waals surface area contributed by atoms with Crippen molar-refractivity contribution in [2.24, 2.45) is 5.92 Å². The molecule has 7 heteroatoms. The van der Waals surface area contributed by atoms with Gasteiger partial charge in [0.1, 0.15) is 6.04 Å². The SMILES string of the molecule is COC(=O)C(CC(C)C)NCc1ccc(Cl)cc1[N+](=O)[O-]. The molecular formula is C14H19ClN2O4. The van der Waals surface area contributed by atoms with Gasteiger partial charge in [-0.3, -0.25) is 14.9 Å². The first-order chi connectivity index (χ1) is 9.85. The lowest BCUT2D eigenvalue weighted by atomic mass is 10.0. The Balaban J connectivity index is 2.84. The number of carbonyl (C=O) groups is 1. The van der Waals surface area contributed by atoms with Gasteiger partial charge in [0.25, 0.3) is 5.69 Å². The largest absolute Gasteiger partial charge is 0.468 e. The predicted octanol–water partition coefficient (Wildman–Crippen LogP) is 2.93. The summed E-state index contributed by atoms with van der Waals surface area (Å²) in [6.45, 7) is 4.17. The number of nitrogens with one attached hydrogen (secondary N) is 1. The molecule has 1 unspecified atom stereocenters. The Hall–Kier alpha value is -1.66. The first-order valence-corrected chi connectivity index (χ1v) is 6.97. The van der Waals surface area contributed by atoms with Gasteiger partial charge in [-0.15, -0.1) is 0 Å². The molecule has 116 valence electrons. The van der Waals surface area contributed by atoms with E-state index in [1.807, 2.05) is 13.8 Å². The topological polar surface area (TPSA) is 81.5 Å². The number of esters is 1. The molecule has 0 amide bonds. The van der Waals surface area contributed by atoms with Crippen LogP contribution in [0.3, 0.4) is 0 Å². The zero-order valence-electron chi connectivity index (χ0n) is 12.3. The molecule has 1 N–H and O–H groups in total. The van der Waals surface area contributed by atoms with E-state index in [0.29, 0.717) is 22.9 Å². The number of ether oxygens (including phenoxy) is 1. The summed E-state index contributed by atoms with van der Waals surface area (Å²) in [6, 6.07) is 3.97. The van der Waals surface area contributed by atoms with Crippen molar-refractivity contribution in [3.8, 4) is 0 Å². The molecule has 6 nitrogen and oxygen atoms in total. The van der Waals surface area contributed by atoms with E-state index in [4.69, 9.17) is 16.3 Å². The average Bonchev–Trinajstić information content (AvgIpc) is 2.42. The quantitative estimate of drug-likeness (QED) is 0.475. The highest BCUT2D eigenvalue weighted by molar-refractivity contribution is 6.30. The average molecular weight is 315 g/mol. The molecule has 1 rings (SSSR count). The molecule has 0 aromatic heterocycles. The highest BCUT2D eigenvalue weighted by Crippen LogP contribution is 2.23. The molecule has 0 fully saturated rings. The van der Waals surface area contributed by atoms with Crippen molar-refractivity contribution in [1.29, 1.82) is 0 Å². The van der Waals surface area contributed by atoms with Crippen LogP contribution >= 0.6 is 11.6 Å². The van der Waals surface area contributed by atoms with Gasteiger partial charge in [-0.1, -0.05) is 25.4 Å². The number of benzene rings is 1. The summed E-state index contributed by atoms with van der Waals surface area (Å²) < 4.78 is 4.74. The smallest absolute Gasteiger partial charge is 0.322 e. The Bertz CT molecular complexity index is 520. The van der Waals surface area contributed by atoms with Crippen molar-refractivity contribution in [2.45, 2.75) is 32.9 Å². The molecule has 21 heavy (non-hydrogen) atoms. The van der Waals surface area contributed by atoms with E-state index in [0.717, 1.165) is 0 Å². The van der Waals surface area contributed by atoms with Crippen LogP contribution in [-0.4, -0.2) is 24.0 Å². The zero-order valence-corrected chi connectivity index (χ0v) is 13.0. The molecule has 0 aliphatic carbocycles. The maximum atomic E-state index is 11.7. The number of rotatable bonds is 7.